The van der Waals surface area contributed by atoms with Gasteiger partial charge in [0.15, 0.2) is 0 Å². The second kappa shape index (κ2) is 10.6. The van der Waals surface area contributed by atoms with E-state index in [1.807, 2.05) is 30.3 Å². The van der Waals surface area contributed by atoms with Crippen molar-refractivity contribution in [1.29, 1.82) is 0 Å². The minimum absolute atomic E-state index is 0.794. The number of aryl methyl sites for hydroxylation is 2. The smallest absolute Gasteiger partial charge is 0.205 e. The molecule has 2 aromatic carbocycles. The van der Waals surface area contributed by atoms with Crippen LogP contribution in [0, 0.1) is 6.92 Å². The van der Waals surface area contributed by atoms with Crippen molar-refractivity contribution in [1.82, 2.24) is 14.3 Å². The second-order valence-electron chi connectivity index (χ2n) is 6.83. The van der Waals surface area contributed by atoms with Crippen LogP contribution in [0.4, 0.5) is 5.13 Å². The van der Waals surface area contributed by atoms with Gasteiger partial charge in [-0.15, -0.1) is 0 Å². The van der Waals surface area contributed by atoms with Crippen molar-refractivity contribution in [2.24, 2.45) is 0 Å². The molecule has 0 atom stereocenters. The summed E-state index contributed by atoms with van der Waals surface area (Å²) in [4.78, 5) is 9.48. The molecule has 0 radical (unpaired) electrons. The van der Waals surface area contributed by atoms with Gasteiger partial charge in [-0.2, -0.15) is 4.37 Å². The van der Waals surface area contributed by atoms with Gasteiger partial charge in [0.05, 0.1) is 0 Å². The summed E-state index contributed by atoms with van der Waals surface area (Å²) in [5.74, 6) is 0.970. The minimum atomic E-state index is 0.794. The first-order valence-corrected chi connectivity index (χ1v) is 10.9. The van der Waals surface area contributed by atoms with Crippen LogP contribution in [0.25, 0.3) is 0 Å². The number of nitrogens with zero attached hydrogens (tertiary/aromatic N) is 4. The van der Waals surface area contributed by atoms with E-state index in [0.29, 0.717) is 0 Å². The summed E-state index contributed by atoms with van der Waals surface area (Å²) in [6.07, 6.45) is 0.920. The van der Waals surface area contributed by atoms with Gasteiger partial charge >= 0.3 is 0 Å². The zero-order chi connectivity index (χ0) is 19.8. The molecule has 1 aliphatic heterocycles. The summed E-state index contributed by atoms with van der Waals surface area (Å²) in [6, 6.07) is 18.1. The van der Waals surface area contributed by atoms with E-state index in [9.17, 15) is 0 Å². The summed E-state index contributed by atoms with van der Waals surface area (Å²) < 4.78 is 4.38. The Bertz CT molecular complexity index is 845. The molecule has 0 aliphatic carbocycles. The van der Waals surface area contributed by atoms with Crippen molar-refractivity contribution in [3.8, 4) is 0 Å². The largest absolute Gasteiger partial charge is 0.344 e. The molecular formula is C22H27ClN4S. The zero-order valence-electron chi connectivity index (χ0n) is 16.5. The number of rotatable bonds is 4. The van der Waals surface area contributed by atoms with Gasteiger partial charge in [0, 0.05) is 55.7 Å². The summed E-state index contributed by atoms with van der Waals surface area (Å²) in [5, 5.41) is 1.88. The third kappa shape index (κ3) is 6.03. The van der Waals surface area contributed by atoms with Gasteiger partial charge in [-0.1, -0.05) is 61.0 Å². The molecule has 0 unspecified atom stereocenters. The van der Waals surface area contributed by atoms with Crippen LogP contribution in [0.2, 0.25) is 5.02 Å². The lowest BCUT2D eigenvalue weighted by atomic mass is 10.1. The van der Waals surface area contributed by atoms with Crippen LogP contribution in [0.5, 0.6) is 0 Å². The Kier molecular flexibility index (Phi) is 7.83. The van der Waals surface area contributed by atoms with Gasteiger partial charge in [-0.05, 0) is 30.2 Å². The Morgan fingerprint density at radius 2 is 1.64 bits per heavy atom. The van der Waals surface area contributed by atoms with Crippen molar-refractivity contribution in [2.75, 3.05) is 31.1 Å². The number of hydrogen-bond acceptors (Lipinski definition) is 5. The van der Waals surface area contributed by atoms with E-state index in [4.69, 9.17) is 11.6 Å². The fourth-order valence-corrected chi connectivity index (χ4v) is 4.00. The fourth-order valence-electron chi connectivity index (χ4n) is 3.06. The van der Waals surface area contributed by atoms with Gasteiger partial charge in [0.25, 0.3) is 0 Å². The normalized spacial score (nSPS) is 14.5. The Morgan fingerprint density at radius 3 is 2.21 bits per heavy atom. The van der Waals surface area contributed by atoms with Gasteiger partial charge in [-0.25, -0.2) is 4.98 Å². The highest BCUT2D eigenvalue weighted by atomic mass is 35.5. The molecule has 0 amide bonds. The van der Waals surface area contributed by atoms with E-state index in [1.54, 1.807) is 0 Å². The maximum Gasteiger partial charge on any atom is 0.205 e. The second-order valence-corrected chi connectivity index (χ2v) is 8.00. The van der Waals surface area contributed by atoms with E-state index in [0.717, 1.165) is 55.1 Å². The quantitative estimate of drug-likeness (QED) is 0.596. The van der Waals surface area contributed by atoms with E-state index in [1.165, 1.54) is 22.7 Å². The van der Waals surface area contributed by atoms with Crippen LogP contribution < -0.4 is 4.90 Å². The van der Waals surface area contributed by atoms with Crippen molar-refractivity contribution >= 4 is 28.3 Å². The predicted octanol–water partition coefficient (Wildman–Crippen LogP) is 5.07. The van der Waals surface area contributed by atoms with E-state index in [-0.39, 0.29) is 0 Å². The molecule has 1 fully saturated rings. The zero-order valence-corrected chi connectivity index (χ0v) is 18.1. The third-order valence-corrected chi connectivity index (χ3v) is 5.87. The van der Waals surface area contributed by atoms with E-state index < -0.39 is 0 Å². The summed E-state index contributed by atoms with van der Waals surface area (Å²) in [7, 11) is 0. The third-order valence-electron chi connectivity index (χ3n) is 4.80. The minimum Gasteiger partial charge on any atom is -0.344 e. The fraction of sp³-hybridized carbons (Fsp3) is 0.364. The first kappa shape index (κ1) is 20.8. The molecule has 28 heavy (non-hydrogen) atoms. The maximum absolute atomic E-state index is 5.54. The highest BCUT2D eigenvalue weighted by molar-refractivity contribution is 7.09. The maximum atomic E-state index is 5.54. The molecule has 0 saturated carbocycles. The first-order chi connectivity index (χ1) is 13.7. The van der Waals surface area contributed by atoms with Crippen LogP contribution >= 0.6 is 23.1 Å². The SMILES string of the molecule is CCc1nsc(N2CCN(Cc3ccccc3C)CC2)n1.Clc1ccccc1. The van der Waals surface area contributed by atoms with Gasteiger partial charge < -0.3 is 4.90 Å². The average molecular weight is 415 g/mol. The number of halogens is 1. The van der Waals surface area contributed by atoms with E-state index >= 15 is 0 Å². The van der Waals surface area contributed by atoms with Crippen molar-refractivity contribution in [3.63, 3.8) is 0 Å². The molecule has 1 saturated heterocycles. The summed E-state index contributed by atoms with van der Waals surface area (Å²) in [5.41, 5.74) is 2.83. The molecule has 1 aliphatic rings. The number of anilines is 1. The van der Waals surface area contributed by atoms with Crippen LogP contribution in [0.3, 0.4) is 0 Å². The lowest BCUT2D eigenvalue weighted by Gasteiger charge is -2.34. The Labute approximate surface area is 177 Å². The summed E-state index contributed by atoms with van der Waals surface area (Å²) >= 11 is 7.07. The lowest BCUT2D eigenvalue weighted by Crippen LogP contribution is -2.46. The molecule has 0 N–H and O–H groups in total. The molecule has 0 bridgehead atoms. The number of benzene rings is 2. The number of piperazine rings is 1. The van der Waals surface area contributed by atoms with Crippen molar-refractivity contribution in [2.45, 2.75) is 26.8 Å². The number of aromatic nitrogens is 2. The monoisotopic (exact) mass is 414 g/mol. The topological polar surface area (TPSA) is 32.3 Å². The first-order valence-electron chi connectivity index (χ1n) is 9.70. The number of hydrogen-bond donors (Lipinski definition) is 0. The van der Waals surface area contributed by atoms with Crippen LogP contribution in [-0.2, 0) is 13.0 Å². The predicted molar refractivity (Wildman–Crippen MR) is 119 cm³/mol. The Balaban J connectivity index is 0.000000271. The van der Waals surface area contributed by atoms with Gasteiger partial charge in [-0.3, -0.25) is 4.90 Å². The lowest BCUT2D eigenvalue weighted by molar-refractivity contribution is 0.249. The standard InChI is InChI=1S/C16H22N4S.C6H5Cl/c1-3-15-17-16(21-18-15)20-10-8-19(9-11-20)12-14-7-5-4-6-13(14)2;7-6-4-2-1-3-5-6/h4-7H,3,8-12H2,1-2H3;1-5H. The van der Waals surface area contributed by atoms with Crippen LogP contribution in [0.15, 0.2) is 54.6 Å². The highest BCUT2D eigenvalue weighted by Crippen LogP contribution is 2.20. The molecule has 4 nitrogen and oxygen atoms in total. The van der Waals surface area contributed by atoms with Gasteiger partial charge in [0.2, 0.25) is 5.13 Å². The molecule has 3 aromatic rings. The molecule has 148 valence electrons. The molecule has 2 heterocycles. The van der Waals surface area contributed by atoms with Crippen LogP contribution in [0.1, 0.15) is 23.9 Å². The molecule has 0 spiro atoms. The summed E-state index contributed by atoms with van der Waals surface area (Å²) in [6.45, 7) is 9.63. The van der Waals surface area contributed by atoms with Crippen molar-refractivity contribution in [3.05, 3.63) is 76.6 Å². The molecule has 6 heteroatoms. The molecule has 1 aromatic heterocycles. The van der Waals surface area contributed by atoms with Crippen LogP contribution in [-0.4, -0.2) is 40.4 Å². The molecule has 4 rings (SSSR count). The Hall–Kier alpha value is -1.95. The van der Waals surface area contributed by atoms with Gasteiger partial charge in [0.1, 0.15) is 5.82 Å². The average Bonchev–Trinajstić information content (AvgIpc) is 3.21. The van der Waals surface area contributed by atoms with E-state index in [2.05, 4.69) is 57.3 Å². The van der Waals surface area contributed by atoms with Crippen molar-refractivity contribution < 1.29 is 0 Å². The Morgan fingerprint density at radius 1 is 0.964 bits per heavy atom. The highest BCUT2D eigenvalue weighted by Gasteiger charge is 2.20. The molecular weight excluding hydrogens is 388 g/mol.